The summed E-state index contributed by atoms with van der Waals surface area (Å²) in [6.45, 7) is -2.14. The van der Waals surface area contributed by atoms with E-state index in [1.165, 1.54) is 14.2 Å². The minimum Gasteiger partial charge on any atom is -0.394 e. The fourth-order valence-corrected chi connectivity index (χ4v) is 7.00. The summed E-state index contributed by atoms with van der Waals surface area (Å²) in [5.41, 5.74) is 0.463. The van der Waals surface area contributed by atoms with Crippen LogP contribution >= 0.6 is 67.8 Å². The Morgan fingerprint density at radius 1 is 0.969 bits per heavy atom. The minimum atomic E-state index is -1.29. The molecule has 0 saturated heterocycles. The van der Waals surface area contributed by atoms with Crippen molar-refractivity contribution in [2.45, 2.75) is 12.2 Å². The van der Waals surface area contributed by atoms with Crippen LogP contribution in [-0.4, -0.2) is 102 Å². The van der Waals surface area contributed by atoms with Crippen LogP contribution in [0.4, 0.5) is 5.69 Å². The fourth-order valence-electron chi connectivity index (χ4n) is 2.62. The third-order valence-corrected chi connectivity index (χ3v) is 7.33. The molecule has 11 nitrogen and oxygen atoms in total. The first-order valence-corrected chi connectivity index (χ1v) is 12.4. The molecule has 0 aromatic heterocycles. The number of halogens is 3. The molecule has 32 heavy (non-hydrogen) atoms. The average Bonchev–Trinajstić information content (AvgIpc) is 2.75. The van der Waals surface area contributed by atoms with E-state index in [0.29, 0.717) is 10.7 Å². The van der Waals surface area contributed by atoms with Gasteiger partial charge < -0.3 is 40.7 Å². The molecule has 1 aromatic carbocycles. The van der Waals surface area contributed by atoms with Crippen LogP contribution in [0.3, 0.4) is 0 Å². The number of benzene rings is 1. The van der Waals surface area contributed by atoms with E-state index in [1.807, 2.05) is 67.8 Å². The van der Waals surface area contributed by atoms with E-state index in [9.17, 15) is 34.8 Å². The Hall–Kier alpha value is -0.380. The van der Waals surface area contributed by atoms with Gasteiger partial charge in [0.1, 0.15) is 6.61 Å². The van der Waals surface area contributed by atoms with Crippen molar-refractivity contribution in [2.24, 2.45) is 0 Å². The minimum absolute atomic E-state index is 0.0632. The van der Waals surface area contributed by atoms with E-state index < -0.39 is 43.1 Å². The van der Waals surface area contributed by atoms with Gasteiger partial charge in [0.15, 0.2) is 0 Å². The molecule has 0 heterocycles. The van der Waals surface area contributed by atoms with Gasteiger partial charge in [-0.25, -0.2) is 0 Å². The summed E-state index contributed by atoms with van der Waals surface area (Å²) in [6.07, 6.45) is -2.58. The van der Waals surface area contributed by atoms with Crippen molar-refractivity contribution in [3.8, 4) is 0 Å². The molecule has 180 valence electrons. The molecule has 0 fully saturated rings. The number of hydrogen-bond donors (Lipinski definition) is 6. The highest BCUT2D eigenvalue weighted by molar-refractivity contribution is 14.1. The highest BCUT2D eigenvalue weighted by Crippen LogP contribution is 2.36. The number of carbonyl (C=O) groups excluding carboxylic acids is 3. The van der Waals surface area contributed by atoms with Crippen LogP contribution in [0.25, 0.3) is 0 Å². The maximum Gasteiger partial charge on any atom is 0.256 e. The molecule has 1 aromatic rings. The quantitative estimate of drug-likeness (QED) is 0.165. The Balaban J connectivity index is 3.70. The second-order valence-corrected chi connectivity index (χ2v) is 9.75. The third kappa shape index (κ3) is 7.57. The number of methoxy groups -OCH3 is 1. The molecule has 0 aliphatic carbocycles. The number of carbonyl (C=O) groups is 3. The van der Waals surface area contributed by atoms with Gasteiger partial charge in [-0.1, -0.05) is 0 Å². The van der Waals surface area contributed by atoms with Crippen LogP contribution < -0.4 is 10.6 Å². The Labute approximate surface area is 225 Å². The summed E-state index contributed by atoms with van der Waals surface area (Å²) in [7, 11) is 2.78. The number of hydrogen-bond acceptors (Lipinski definition) is 8. The van der Waals surface area contributed by atoms with Gasteiger partial charge in [-0.05, 0) is 67.8 Å². The molecule has 6 N–H and O–H groups in total. The topological polar surface area (TPSA) is 169 Å². The van der Waals surface area contributed by atoms with Crippen LogP contribution in [0, 0.1) is 10.7 Å². The molecule has 0 aliphatic heterocycles. The molecular formula is C18H24I3N3O8. The SMILES string of the molecule is CNC(=O)c1c(I)c(NC(=O)COC)c(I)c(C(=O)N(CC(O)CO)CC(O)CO)c1I. The number of nitrogens with one attached hydrogen (secondary N) is 2. The van der Waals surface area contributed by atoms with Crippen LogP contribution in [0.5, 0.6) is 0 Å². The summed E-state index contributed by atoms with van der Waals surface area (Å²) >= 11 is 5.63. The van der Waals surface area contributed by atoms with Crippen molar-refractivity contribution in [3.05, 3.63) is 21.8 Å². The lowest BCUT2D eigenvalue weighted by Gasteiger charge is -2.28. The monoisotopic (exact) mass is 791 g/mol. The van der Waals surface area contributed by atoms with Gasteiger partial charge in [-0.2, -0.15) is 0 Å². The molecular weight excluding hydrogens is 767 g/mol. The van der Waals surface area contributed by atoms with Crippen molar-refractivity contribution in [2.75, 3.05) is 52.4 Å². The smallest absolute Gasteiger partial charge is 0.256 e. The first-order valence-electron chi connectivity index (χ1n) is 9.12. The second-order valence-electron chi connectivity index (χ2n) is 6.51. The third-order valence-electron chi connectivity index (χ3n) is 4.10. The predicted molar refractivity (Wildman–Crippen MR) is 141 cm³/mol. The maximum absolute atomic E-state index is 13.5. The summed E-state index contributed by atoms with van der Waals surface area (Å²) in [5, 5.41) is 43.3. The highest BCUT2D eigenvalue weighted by atomic mass is 127. The number of aliphatic hydroxyl groups is 4. The number of amides is 3. The van der Waals surface area contributed by atoms with Crippen molar-refractivity contribution in [1.29, 1.82) is 0 Å². The summed E-state index contributed by atoms with van der Waals surface area (Å²) in [6, 6.07) is 0. The van der Waals surface area contributed by atoms with Crippen molar-refractivity contribution in [1.82, 2.24) is 10.2 Å². The van der Waals surface area contributed by atoms with Gasteiger partial charge in [0, 0.05) is 30.8 Å². The summed E-state index contributed by atoms with van der Waals surface area (Å²) in [5.74, 6) is -1.64. The second kappa shape index (κ2) is 14.1. The van der Waals surface area contributed by atoms with E-state index in [1.54, 1.807) is 0 Å². The van der Waals surface area contributed by atoms with Crippen molar-refractivity contribution >= 4 is 91.2 Å². The molecule has 0 saturated carbocycles. The molecule has 2 unspecified atom stereocenters. The zero-order chi connectivity index (χ0) is 24.6. The molecule has 0 aliphatic rings. The van der Waals surface area contributed by atoms with E-state index in [-0.39, 0.29) is 36.5 Å². The normalized spacial score (nSPS) is 12.8. The van der Waals surface area contributed by atoms with Gasteiger partial charge in [-0.15, -0.1) is 0 Å². The molecule has 0 radical (unpaired) electrons. The Bertz CT molecular complexity index is 843. The highest BCUT2D eigenvalue weighted by Gasteiger charge is 2.31. The first-order chi connectivity index (χ1) is 15.0. The number of rotatable bonds is 11. The van der Waals surface area contributed by atoms with Crippen LogP contribution in [-0.2, 0) is 9.53 Å². The van der Waals surface area contributed by atoms with Crippen molar-refractivity contribution in [3.63, 3.8) is 0 Å². The summed E-state index contributed by atoms with van der Waals surface area (Å²) < 4.78 is 5.87. The molecule has 14 heteroatoms. The molecule has 2 atom stereocenters. The fraction of sp³-hybridized carbons (Fsp3) is 0.500. The maximum atomic E-state index is 13.5. The van der Waals surface area contributed by atoms with E-state index in [0.717, 1.165) is 4.90 Å². The standard InChI is InChI=1S/C18H24I3N3O8/c1-22-17(30)11-13(19)12(15(21)16(14(11)20)23-10(29)7-32-2)18(31)24(3-8(27)5-25)4-9(28)6-26/h8-9,25-28H,3-7H2,1-2H3,(H,22,30)(H,23,29). The van der Waals surface area contributed by atoms with Crippen molar-refractivity contribution < 1.29 is 39.5 Å². The Morgan fingerprint density at radius 3 is 1.91 bits per heavy atom. The van der Waals surface area contributed by atoms with Gasteiger partial charge in [0.05, 0.1) is 49.4 Å². The molecule has 3 amide bonds. The van der Waals surface area contributed by atoms with E-state index in [2.05, 4.69) is 10.6 Å². The molecule has 0 bridgehead atoms. The lowest BCUT2D eigenvalue weighted by molar-refractivity contribution is -0.119. The zero-order valence-corrected chi connectivity index (χ0v) is 23.7. The Morgan fingerprint density at radius 2 is 1.47 bits per heavy atom. The average molecular weight is 791 g/mol. The van der Waals surface area contributed by atoms with Gasteiger partial charge >= 0.3 is 0 Å². The number of anilines is 1. The lowest BCUT2D eigenvalue weighted by atomic mass is 10.1. The Kier molecular flexibility index (Phi) is 13.1. The van der Waals surface area contributed by atoms with Crippen LogP contribution in [0.1, 0.15) is 20.7 Å². The number of ether oxygens (including phenoxy) is 1. The van der Waals surface area contributed by atoms with Gasteiger partial charge in [-0.3, -0.25) is 14.4 Å². The predicted octanol–water partition coefficient (Wildman–Crippen LogP) is -0.406. The molecule has 1 rings (SSSR count). The van der Waals surface area contributed by atoms with E-state index >= 15 is 0 Å². The van der Waals surface area contributed by atoms with Crippen LogP contribution in [0.15, 0.2) is 0 Å². The van der Waals surface area contributed by atoms with Gasteiger partial charge in [0.2, 0.25) is 5.91 Å². The first kappa shape index (κ1) is 29.7. The van der Waals surface area contributed by atoms with Gasteiger partial charge in [0.25, 0.3) is 11.8 Å². The van der Waals surface area contributed by atoms with Crippen LogP contribution in [0.2, 0.25) is 0 Å². The zero-order valence-electron chi connectivity index (χ0n) is 17.2. The molecule has 0 spiro atoms. The summed E-state index contributed by atoms with van der Waals surface area (Å²) in [4.78, 5) is 39.3. The largest absolute Gasteiger partial charge is 0.394 e. The number of nitrogens with zero attached hydrogens (tertiary/aromatic N) is 1. The number of aliphatic hydroxyl groups excluding tert-OH is 4. The van der Waals surface area contributed by atoms with E-state index in [4.69, 9.17) is 4.74 Å². The lowest BCUT2D eigenvalue weighted by Crippen LogP contribution is -2.44.